The van der Waals surface area contributed by atoms with Gasteiger partial charge in [-0.2, -0.15) is 0 Å². The standard InChI is InChI=1S/C19H27NO3/c1-16-4-2-5-18-12(16)3-6-17-8-11(21)10(13(22)14(17)18)7-19(17,23)15(18)20-9-16/h10,12-15,20,22-23H,2-9H2,1H3/t10-,12-,13?,14?,15?,16+,17+,18?,19+/m1/s1. The maximum Gasteiger partial charge on any atom is 0.139 e. The van der Waals surface area contributed by atoms with Crippen LogP contribution in [0.15, 0.2) is 0 Å². The van der Waals surface area contributed by atoms with Gasteiger partial charge < -0.3 is 15.5 Å². The van der Waals surface area contributed by atoms with Crippen molar-refractivity contribution in [3.63, 3.8) is 0 Å². The molecule has 6 aliphatic carbocycles. The second kappa shape index (κ2) is 3.56. The monoisotopic (exact) mass is 317 g/mol. The zero-order valence-corrected chi connectivity index (χ0v) is 13.8. The minimum absolute atomic E-state index is 0.0209. The van der Waals surface area contributed by atoms with Gasteiger partial charge in [-0.1, -0.05) is 13.3 Å². The number of aliphatic hydroxyl groups is 2. The third-order valence-corrected chi connectivity index (χ3v) is 9.68. The first-order chi connectivity index (χ1) is 10.9. The van der Waals surface area contributed by atoms with E-state index < -0.39 is 11.7 Å². The molecule has 4 heteroatoms. The van der Waals surface area contributed by atoms with Crippen molar-refractivity contribution in [1.29, 1.82) is 0 Å². The summed E-state index contributed by atoms with van der Waals surface area (Å²) in [6.07, 6.45) is 6.15. The largest absolute Gasteiger partial charge is 0.392 e. The van der Waals surface area contributed by atoms with E-state index in [1.54, 1.807) is 0 Å². The van der Waals surface area contributed by atoms with Crippen LogP contribution in [-0.4, -0.2) is 40.3 Å². The van der Waals surface area contributed by atoms with Gasteiger partial charge in [0.25, 0.3) is 0 Å². The molecule has 23 heavy (non-hydrogen) atoms. The van der Waals surface area contributed by atoms with Crippen molar-refractivity contribution in [2.45, 2.75) is 69.6 Å². The Labute approximate surface area is 137 Å². The number of fused-ring (bicyclic) bond motifs is 1. The molecule has 3 N–H and O–H groups in total. The number of ketones is 1. The molecule has 6 bridgehead atoms. The Morgan fingerprint density at radius 1 is 1.26 bits per heavy atom. The first kappa shape index (κ1) is 13.8. The number of hydrogen-bond acceptors (Lipinski definition) is 4. The molecule has 0 aromatic rings. The van der Waals surface area contributed by atoms with Crippen LogP contribution in [-0.2, 0) is 4.79 Å². The number of aliphatic hydroxyl groups excluding tert-OH is 1. The van der Waals surface area contributed by atoms with E-state index in [9.17, 15) is 15.0 Å². The first-order valence-corrected chi connectivity index (χ1v) is 9.56. The topological polar surface area (TPSA) is 69.6 Å². The molecule has 4 unspecified atom stereocenters. The molecule has 2 spiro atoms. The fourth-order valence-electron chi connectivity index (χ4n) is 9.26. The van der Waals surface area contributed by atoms with E-state index in [1.165, 1.54) is 12.8 Å². The van der Waals surface area contributed by atoms with Gasteiger partial charge in [0.15, 0.2) is 0 Å². The number of nitrogens with one attached hydrogen (secondary N) is 1. The Kier molecular flexibility index (Phi) is 2.14. The maximum atomic E-state index is 12.6. The molecule has 0 aromatic heterocycles. The fourth-order valence-corrected chi connectivity index (χ4v) is 9.26. The van der Waals surface area contributed by atoms with Crippen molar-refractivity contribution in [1.82, 2.24) is 5.32 Å². The zero-order valence-electron chi connectivity index (χ0n) is 13.8. The molecule has 7 fully saturated rings. The lowest BCUT2D eigenvalue weighted by atomic mass is 9.39. The highest BCUT2D eigenvalue weighted by atomic mass is 16.3. The minimum atomic E-state index is -0.775. The van der Waals surface area contributed by atoms with Crippen molar-refractivity contribution in [2.24, 2.45) is 34.0 Å². The number of carbonyl (C=O) groups excluding carboxylic acids is 1. The maximum absolute atomic E-state index is 12.6. The molecule has 4 nitrogen and oxygen atoms in total. The molecule has 1 aliphatic heterocycles. The van der Waals surface area contributed by atoms with Gasteiger partial charge in [0.2, 0.25) is 0 Å². The molecule has 126 valence electrons. The minimum Gasteiger partial charge on any atom is -0.392 e. The van der Waals surface area contributed by atoms with Crippen LogP contribution in [0.1, 0.15) is 51.9 Å². The molecule has 9 atom stereocenters. The number of hydrogen-bond donors (Lipinski definition) is 3. The van der Waals surface area contributed by atoms with E-state index in [1.807, 2.05) is 0 Å². The summed E-state index contributed by atoms with van der Waals surface area (Å²) in [6.45, 7) is 3.41. The van der Waals surface area contributed by atoms with Gasteiger partial charge in [0, 0.05) is 36.3 Å². The Hall–Kier alpha value is -0.450. The van der Waals surface area contributed by atoms with Crippen LogP contribution in [0.2, 0.25) is 0 Å². The molecule has 1 saturated heterocycles. The summed E-state index contributed by atoms with van der Waals surface area (Å²) < 4.78 is 0. The van der Waals surface area contributed by atoms with Gasteiger partial charge >= 0.3 is 0 Å². The highest BCUT2D eigenvalue weighted by molar-refractivity contribution is 5.86. The average molecular weight is 317 g/mol. The molecular weight excluding hydrogens is 290 g/mol. The summed E-state index contributed by atoms with van der Waals surface area (Å²) in [5, 5.41) is 26.8. The molecule has 0 aromatic carbocycles. The van der Waals surface area contributed by atoms with Crippen LogP contribution in [0.3, 0.4) is 0 Å². The van der Waals surface area contributed by atoms with Gasteiger partial charge in [-0.15, -0.1) is 0 Å². The predicted molar refractivity (Wildman–Crippen MR) is 83.5 cm³/mol. The molecule has 7 aliphatic rings. The van der Waals surface area contributed by atoms with E-state index in [0.717, 1.165) is 25.8 Å². The molecular formula is C19H27NO3. The normalized spacial score (nSPS) is 68.3. The van der Waals surface area contributed by atoms with E-state index in [-0.39, 0.29) is 34.5 Å². The van der Waals surface area contributed by atoms with Gasteiger partial charge in [-0.3, -0.25) is 4.79 Å². The summed E-state index contributed by atoms with van der Waals surface area (Å²) in [6, 6.07) is 0.0913. The summed E-state index contributed by atoms with van der Waals surface area (Å²) in [5.41, 5.74) is -0.807. The van der Waals surface area contributed by atoms with Crippen molar-refractivity contribution in [3.8, 4) is 0 Å². The molecule has 0 amide bonds. The second-order valence-electron chi connectivity index (χ2n) is 10.0. The zero-order chi connectivity index (χ0) is 15.8. The van der Waals surface area contributed by atoms with Crippen molar-refractivity contribution in [2.75, 3.05) is 6.54 Å². The fraction of sp³-hybridized carbons (Fsp3) is 0.947. The lowest BCUT2D eigenvalue weighted by molar-refractivity contribution is -0.226. The summed E-state index contributed by atoms with van der Waals surface area (Å²) in [7, 11) is 0. The summed E-state index contributed by atoms with van der Waals surface area (Å²) >= 11 is 0. The lowest BCUT2D eigenvalue weighted by Gasteiger charge is -2.66. The number of rotatable bonds is 0. The van der Waals surface area contributed by atoms with Gasteiger partial charge in [-0.05, 0) is 48.9 Å². The van der Waals surface area contributed by atoms with Crippen molar-refractivity contribution in [3.05, 3.63) is 0 Å². The van der Waals surface area contributed by atoms with Crippen LogP contribution in [0.25, 0.3) is 0 Å². The molecule has 6 saturated carbocycles. The lowest BCUT2D eigenvalue weighted by Crippen LogP contribution is -2.68. The van der Waals surface area contributed by atoms with Crippen molar-refractivity contribution >= 4 is 5.78 Å². The second-order valence-corrected chi connectivity index (χ2v) is 10.0. The Bertz CT molecular complexity index is 636. The number of Topliss-reactive ketones (excluding diaryl/α,β-unsaturated/α-hetero) is 1. The summed E-state index contributed by atoms with van der Waals surface area (Å²) in [5.74, 6) is 0.627. The third kappa shape index (κ3) is 1.10. The quantitative estimate of drug-likeness (QED) is 0.629. The van der Waals surface area contributed by atoms with Crippen LogP contribution in [0.4, 0.5) is 0 Å². The highest BCUT2D eigenvalue weighted by Crippen LogP contribution is 2.81. The Balaban J connectivity index is 1.65. The number of piperidine rings is 1. The Morgan fingerprint density at radius 3 is 2.91 bits per heavy atom. The van der Waals surface area contributed by atoms with Crippen molar-refractivity contribution < 1.29 is 15.0 Å². The van der Waals surface area contributed by atoms with Gasteiger partial charge in [0.1, 0.15) is 5.78 Å². The van der Waals surface area contributed by atoms with Gasteiger partial charge in [-0.25, -0.2) is 0 Å². The first-order valence-electron chi connectivity index (χ1n) is 9.56. The predicted octanol–water partition coefficient (Wildman–Crippen LogP) is 1.25. The van der Waals surface area contributed by atoms with E-state index in [4.69, 9.17) is 0 Å². The molecule has 0 radical (unpaired) electrons. The van der Waals surface area contributed by atoms with Crippen LogP contribution in [0.5, 0.6) is 0 Å². The molecule has 7 rings (SSSR count). The average Bonchev–Trinajstić information content (AvgIpc) is 2.55. The SMILES string of the molecule is C[C@]12CCCC34C5C(O)[C@@H]6C[C@](O)(C3NC1)[C@@]5(CC[C@@H]42)CC6=O. The van der Waals surface area contributed by atoms with E-state index in [2.05, 4.69) is 12.2 Å². The Morgan fingerprint density at radius 2 is 2.09 bits per heavy atom. The summed E-state index contributed by atoms with van der Waals surface area (Å²) in [4.78, 5) is 12.6. The van der Waals surface area contributed by atoms with E-state index in [0.29, 0.717) is 24.2 Å². The van der Waals surface area contributed by atoms with Crippen LogP contribution < -0.4 is 5.32 Å². The number of carbonyl (C=O) groups is 1. The molecule has 1 heterocycles. The van der Waals surface area contributed by atoms with Crippen LogP contribution in [0, 0.1) is 34.0 Å². The van der Waals surface area contributed by atoms with Gasteiger partial charge in [0.05, 0.1) is 11.7 Å². The van der Waals surface area contributed by atoms with E-state index >= 15 is 0 Å². The third-order valence-electron chi connectivity index (χ3n) is 9.68. The van der Waals surface area contributed by atoms with Crippen LogP contribution >= 0.6 is 0 Å². The highest BCUT2D eigenvalue weighted by Gasteiger charge is 2.86. The smallest absolute Gasteiger partial charge is 0.139 e.